The topological polar surface area (TPSA) is 49.3 Å². The molecule has 0 aliphatic carbocycles. The summed E-state index contributed by atoms with van der Waals surface area (Å²) in [6.07, 6.45) is -2.23. The van der Waals surface area contributed by atoms with Crippen molar-refractivity contribution in [3.8, 4) is 0 Å². The molecule has 0 fully saturated rings. The number of aromatic nitrogens is 1. The van der Waals surface area contributed by atoms with E-state index in [-0.39, 0.29) is 6.54 Å². The number of thiazole rings is 1. The minimum absolute atomic E-state index is 0.159. The van der Waals surface area contributed by atoms with Crippen LogP contribution in [0, 0.1) is 6.92 Å². The third-order valence-electron chi connectivity index (χ3n) is 2.78. The number of unbranched alkanes of at least 4 members (excludes halogenated alkanes) is 1. The molecule has 0 atom stereocenters. The molecule has 0 amide bonds. The summed E-state index contributed by atoms with van der Waals surface area (Å²) in [4.78, 5) is 8.67. The highest BCUT2D eigenvalue weighted by atomic mass is 32.1. The van der Waals surface area contributed by atoms with Crippen molar-refractivity contribution >= 4 is 17.3 Å². The zero-order chi connectivity index (χ0) is 16.4. The summed E-state index contributed by atoms with van der Waals surface area (Å²) in [5.74, 6) is 0.442. The minimum Gasteiger partial charge on any atom is -0.357 e. The van der Waals surface area contributed by atoms with Crippen LogP contribution in [0.1, 0.15) is 36.9 Å². The van der Waals surface area contributed by atoms with Crippen LogP contribution in [-0.2, 0) is 6.42 Å². The van der Waals surface area contributed by atoms with Crippen molar-refractivity contribution in [3.05, 3.63) is 16.1 Å². The average Bonchev–Trinajstić information content (AvgIpc) is 2.82. The maximum absolute atomic E-state index is 12.1. The first kappa shape index (κ1) is 18.7. The number of halogens is 3. The fourth-order valence-corrected chi connectivity index (χ4v) is 2.58. The number of hydrogen-bond acceptors (Lipinski definition) is 3. The molecule has 0 spiro atoms. The first-order valence-electron chi connectivity index (χ1n) is 7.40. The molecule has 0 saturated carbocycles. The van der Waals surface area contributed by atoms with E-state index in [9.17, 15) is 13.2 Å². The van der Waals surface area contributed by atoms with Crippen LogP contribution in [-0.4, -0.2) is 36.8 Å². The second-order valence-electron chi connectivity index (χ2n) is 4.89. The number of nitrogens with one attached hydrogen (secondary N) is 2. The van der Waals surface area contributed by atoms with Crippen molar-refractivity contribution in [2.45, 2.75) is 45.7 Å². The number of guanidine groups is 1. The zero-order valence-corrected chi connectivity index (χ0v) is 13.8. The predicted octanol–water partition coefficient (Wildman–Crippen LogP) is 3.28. The van der Waals surface area contributed by atoms with Gasteiger partial charge in [-0.3, -0.25) is 4.99 Å². The lowest BCUT2D eigenvalue weighted by Gasteiger charge is -2.12. The molecule has 0 unspecified atom stereocenters. The fourth-order valence-electron chi connectivity index (χ4n) is 1.76. The molecular weight excluding hydrogens is 313 g/mol. The van der Waals surface area contributed by atoms with Crippen LogP contribution < -0.4 is 10.6 Å². The molecule has 0 aromatic carbocycles. The average molecular weight is 336 g/mol. The number of rotatable bonds is 8. The number of alkyl halides is 3. The van der Waals surface area contributed by atoms with Gasteiger partial charge in [-0.25, -0.2) is 4.98 Å². The Morgan fingerprint density at radius 1 is 1.32 bits per heavy atom. The summed E-state index contributed by atoms with van der Waals surface area (Å²) in [6, 6.07) is 0. The molecule has 0 radical (unpaired) electrons. The normalized spacial score (nSPS) is 12.5. The fraction of sp³-hybridized carbons (Fsp3) is 0.714. The SMILES string of the molecule is CCNC(=NCCCCc1nc(C)cs1)NCCC(F)(F)F. The zero-order valence-electron chi connectivity index (χ0n) is 13.0. The Kier molecular flexibility index (Phi) is 8.22. The predicted molar refractivity (Wildman–Crippen MR) is 84.4 cm³/mol. The lowest BCUT2D eigenvalue weighted by Crippen LogP contribution is -2.39. The number of aliphatic imine (C=N–C) groups is 1. The maximum atomic E-state index is 12.1. The van der Waals surface area contributed by atoms with E-state index >= 15 is 0 Å². The minimum atomic E-state index is -4.14. The second-order valence-corrected chi connectivity index (χ2v) is 5.83. The van der Waals surface area contributed by atoms with Gasteiger partial charge in [-0.05, 0) is 33.1 Å². The standard InChI is InChI=1S/C14H23F3N4S/c1-3-18-13(20-9-7-14(15,16)17)19-8-5-4-6-12-21-11(2)10-22-12/h10H,3-9H2,1-2H3,(H2,18,19,20). The van der Waals surface area contributed by atoms with Gasteiger partial charge in [0.05, 0.1) is 11.4 Å². The Labute approximate surface area is 133 Å². The van der Waals surface area contributed by atoms with E-state index in [1.165, 1.54) is 0 Å². The first-order valence-corrected chi connectivity index (χ1v) is 8.28. The van der Waals surface area contributed by atoms with E-state index in [0.29, 0.717) is 19.0 Å². The molecule has 1 aromatic heterocycles. The smallest absolute Gasteiger partial charge is 0.357 e. The van der Waals surface area contributed by atoms with E-state index in [0.717, 1.165) is 30.0 Å². The largest absolute Gasteiger partial charge is 0.390 e. The monoisotopic (exact) mass is 336 g/mol. The van der Waals surface area contributed by atoms with Gasteiger partial charge in [-0.2, -0.15) is 13.2 Å². The van der Waals surface area contributed by atoms with Crippen LogP contribution in [0.5, 0.6) is 0 Å². The van der Waals surface area contributed by atoms with Gasteiger partial charge in [0, 0.05) is 30.7 Å². The van der Waals surface area contributed by atoms with Crippen molar-refractivity contribution < 1.29 is 13.2 Å². The van der Waals surface area contributed by atoms with Gasteiger partial charge < -0.3 is 10.6 Å². The van der Waals surface area contributed by atoms with Gasteiger partial charge in [0.25, 0.3) is 0 Å². The van der Waals surface area contributed by atoms with Gasteiger partial charge in [0.2, 0.25) is 0 Å². The molecule has 0 bridgehead atoms. The molecule has 1 aromatic rings. The molecule has 1 heterocycles. The van der Waals surface area contributed by atoms with Crippen LogP contribution in [0.25, 0.3) is 0 Å². The van der Waals surface area contributed by atoms with Crippen LogP contribution in [0.3, 0.4) is 0 Å². The Morgan fingerprint density at radius 3 is 2.68 bits per heavy atom. The molecule has 0 aliphatic heterocycles. The molecule has 22 heavy (non-hydrogen) atoms. The Balaban J connectivity index is 2.23. The second kappa shape index (κ2) is 9.66. The lowest BCUT2D eigenvalue weighted by molar-refractivity contribution is -0.132. The van der Waals surface area contributed by atoms with Crippen molar-refractivity contribution in [1.82, 2.24) is 15.6 Å². The molecule has 4 nitrogen and oxygen atoms in total. The summed E-state index contributed by atoms with van der Waals surface area (Å²) in [7, 11) is 0. The van der Waals surface area contributed by atoms with E-state index in [4.69, 9.17) is 0 Å². The Morgan fingerprint density at radius 2 is 2.09 bits per heavy atom. The summed E-state index contributed by atoms with van der Waals surface area (Å²) < 4.78 is 36.3. The Hall–Kier alpha value is -1.31. The van der Waals surface area contributed by atoms with E-state index in [1.54, 1.807) is 11.3 Å². The molecular formula is C14H23F3N4S. The number of nitrogens with zero attached hydrogens (tertiary/aromatic N) is 2. The highest BCUT2D eigenvalue weighted by molar-refractivity contribution is 7.09. The number of hydrogen-bond donors (Lipinski definition) is 2. The van der Waals surface area contributed by atoms with Crippen molar-refractivity contribution in [2.75, 3.05) is 19.6 Å². The van der Waals surface area contributed by atoms with Gasteiger partial charge >= 0.3 is 6.18 Å². The molecule has 126 valence electrons. The molecule has 1 rings (SSSR count). The summed E-state index contributed by atoms with van der Waals surface area (Å²) in [5.41, 5.74) is 1.04. The molecule has 2 N–H and O–H groups in total. The third kappa shape index (κ3) is 8.86. The van der Waals surface area contributed by atoms with Gasteiger partial charge in [-0.15, -0.1) is 11.3 Å². The van der Waals surface area contributed by atoms with Crippen LogP contribution >= 0.6 is 11.3 Å². The van der Waals surface area contributed by atoms with E-state index < -0.39 is 12.6 Å². The summed E-state index contributed by atoms with van der Waals surface area (Å²) >= 11 is 1.66. The van der Waals surface area contributed by atoms with E-state index in [2.05, 4.69) is 20.6 Å². The van der Waals surface area contributed by atoms with Crippen LogP contribution in [0.15, 0.2) is 10.4 Å². The van der Waals surface area contributed by atoms with Gasteiger partial charge in [-0.1, -0.05) is 0 Å². The molecule has 8 heteroatoms. The highest BCUT2D eigenvalue weighted by Gasteiger charge is 2.26. The van der Waals surface area contributed by atoms with Crippen molar-refractivity contribution in [2.24, 2.45) is 4.99 Å². The van der Waals surface area contributed by atoms with Crippen molar-refractivity contribution in [1.29, 1.82) is 0 Å². The van der Waals surface area contributed by atoms with Crippen LogP contribution in [0.4, 0.5) is 13.2 Å². The van der Waals surface area contributed by atoms with Crippen molar-refractivity contribution in [3.63, 3.8) is 0 Å². The quantitative estimate of drug-likeness (QED) is 0.435. The van der Waals surface area contributed by atoms with E-state index in [1.807, 2.05) is 19.2 Å². The Bertz CT molecular complexity index is 457. The van der Waals surface area contributed by atoms with Crippen LogP contribution in [0.2, 0.25) is 0 Å². The number of aryl methyl sites for hydroxylation is 2. The molecule has 0 aliphatic rings. The first-order chi connectivity index (χ1) is 10.4. The third-order valence-corrected chi connectivity index (χ3v) is 3.81. The highest BCUT2D eigenvalue weighted by Crippen LogP contribution is 2.18. The van der Waals surface area contributed by atoms with Gasteiger partial charge in [0.1, 0.15) is 0 Å². The van der Waals surface area contributed by atoms with Gasteiger partial charge in [0.15, 0.2) is 5.96 Å². The maximum Gasteiger partial charge on any atom is 0.390 e. The summed E-state index contributed by atoms with van der Waals surface area (Å²) in [6.45, 7) is 4.90. The lowest BCUT2D eigenvalue weighted by atomic mass is 10.2. The molecule has 0 saturated heterocycles. The summed E-state index contributed by atoms with van der Waals surface area (Å²) in [5, 5.41) is 8.79.